The lowest BCUT2D eigenvalue weighted by Gasteiger charge is -2.19. The van der Waals surface area contributed by atoms with Crippen molar-refractivity contribution in [1.82, 2.24) is 9.97 Å². The fourth-order valence-corrected chi connectivity index (χ4v) is 2.36. The van der Waals surface area contributed by atoms with Crippen LogP contribution in [0.5, 0.6) is 5.75 Å². The topological polar surface area (TPSA) is 50.3 Å². The number of hydrogen-bond donors (Lipinski definition) is 1. The molecule has 0 amide bonds. The highest BCUT2D eigenvalue weighted by Gasteiger charge is 2.10. The first-order valence-electron chi connectivity index (χ1n) is 8.59. The molecule has 1 N–H and O–H groups in total. The highest BCUT2D eigenvalue weighted by Crippen LogP contribution is 2.27. The third-order valence-electron chi connectivity index (χ3n) is 3.58. The molecule has 5 heteroatoms. The second-order valence-corrected chi connectivity index (χ2v) is 6.25. The fourth-order valence-electron chi connectivity index (χ4n) is 2.36. The molecule has 1 heterocycles. The predicted octanol–water partition coefficient (Wildman–Crippen LogP) is 4.55. The van der Waals surface area contributed by atoms with E-state index in [1.54, 1.807) is 0 Å². The van der Waals surface area contributed by atoms with E-state index in [0.29, 0.717) is 5.95 Å². The molecule has 24 heavy (non-hydrogen) atoms. The molecule has 0 saturated carbocycles. The van der Waals surface area contributed by atoms with E-state index < -0.39 is 0 Å². The van der Waals surface area contributed by atoms with Crippen LogP contribution in [-0.4, -0.2) is 29.7 Å². The molecule has 2 aromatic rings. The zero-order chi connectivity index (χ0) is 17.5. The van der Waals surface area contributed by atoms with Crippen molar-refractivity contribution >= 4 is 17.5 Å². The maximum Gasteiger partial charge on any atom is 0.229 e. The third-order valence-corrected chi connectivity index (χ3v) is 3.58. The molecule has 0 unspecified atom stereocenters. The Morgan fingerprint density at radius 3 is 2.67 bits per heavy atom. The fraction of sp³-hybridized carbons (Fsp3) is 0.474. The molecule has 0 radical (unpaired) electrons. The molecule has 1 aromatic heterocycles. The zero-order valence-corrected chi connectivity index (χ0v) is 15.3. The molecule has 2 rings (SSSR count). The van der Waals surface area contributed by atoms with Gasteiger partial charge in [-0.2, -0.15) is 4.98 Å². The molecule has 0 aliphatic rings. The molecule has 5 nitrogen and oxygen atoms in total. The summed E-state index contributed by atoms with van der Waals surface area (Å²) in [5.41, 5.74) is 1.81. The maximum absolute atomic E-state index is 5.85. The van der Waals surface area contributed by atoms with Gasteiger partial charge >= 0.3 is 0 Å². The van der Waals surface area contributed by atoms with Gasteiger partial charge in [-0.3, -0.25) is 0 Å². The van der Waals surface area contributed by atoms with Gasteiger partial charge < -0.3 is 15.0 Å². The van der Waals surface area contributed by atoms with Crippen LogP contribution in [0.1, 0.15) is 39.3 Å². The lowest BCUT2D eigenvalue weighted by atomic mass is 10.3. The van der Waals surface area contributed by atoms with E-state index in [9.17, 15) is 0 Å². The van der Waals surface area contributed by atoms with Gasteiger partial charge in [0.25, 0.3) is 0 Å². The van der Waals surface area contributed by atoms with E-state index in [4.69, 9.17) is 4.74 Å². The molecule has 0 bridgehead atoms. The minimum absolute atomic E-state index is 0.113. The van der Waals surface area contributed by atoms with Gasteiger partial charge in [-0.1, -0.05) is 25.5 Å². The van der Waals surface area contributed by atoms with Crippen LogP contribution < -0.4 is 15.0 Å². The zero-order valence-electron chi connectivity index (χ0n) is 15.3. The third kappa shape index (κ3) is 5.11. The van der Waals surface area contributed by atoms with Crippen LogP contribution in [0.15, 0.2) is 30.3 Å². The average Bonchev–Trinajstić information content (AvgIpc) is 2.53. The van der Waals surface area contributed by atoms with Crippen LogP contribution in [0, 0.1) is 6.92 Å². The molecule has 1 aromatic carbocycles. The van der Waals surface area contributed by atoms with Crippen molar-refractivity contribution in [3.8, 4) is 5.75 Å². The normalized spacial score (nSPS) is 10.8. The molecule has 0 spiro atoms. The summed E-state index contributed by atoms with van der Waals surface area (Å²) in [6, 6.07) is 9.87. The number of para-hydroxylation sites is 2. The Morgan fingerprint density at radius 2 is 1.96 bits per heavy atom. The Morgan fingerprint density at radius 1 is 1.21 bits per heavy atom. The van der Waals surface area contributed by atoms with Gasteiger partial charge in [-0.25, -0.2) is 4.98 Å². The largest absolute Gasteiger partial charge is 0.489 e. The number of hydrogen-bond acceptors (Lipinski definition) is 5. The number of unbranched alkanes of at least 4 members (excludes halogenated alkanes) is 1. The maximum atomic E-state index is 5.85. The van der Waals surface area contributed by atoms with Crippen molar-refractivity contribution in [2.24, 2.45) is 0 Å². The van der Waals surface area contributed by atoms with Crippen LogP contribution in [0.2, 0.25) is 0 Å². The minimum Gasteiger partial charge on any atom is -0.489 e. The molecule has 0 aliphatic carbocycles. The summed E-state index contributed by atoms with van der Waals surface area (Å²) in [6.45, 7) is 9.19. The highest BCUT2D eigenvalue weighted by atomic mass is 16.5. The first-order valence-corrected chi connectivity index (χ1v) is 8.59. The number of aryl methyl sites for hydroxylation is 1. The number of anilines is 3. The van der Waals surface area contributed by atoms with E-state index in [1.165, 1.54) is 6.42 Å². The molecule has 0 saturated heterocycles. The van der Waals surface area contributed by atoms with Gasteiger partial charge in [0, 0.05) is 25.4 Å². The number of aromatic nitrogens is 2. The number of ether oxygens (including phenoxy) is 1. The van der Waals surface area contributed by atoms with Crippen LogP contribution in [0.3, 0.4) is 0 Å². The number of rotatable bonds is 8. The molecule has 0 fully saturated rings. The summed E-state index contributed by atoms with van der Waals surface area (Å²) in [5.74, 6) is 2.33. The van der Waals surface area contributed by atoms with Crippen molar-refractivity contribution in [1.29, 1.82) is 0 Å². The molecular weight excluding hydrogens is 300 g/mol. The van der Waals surface area contributed by atoms with Crippen LogP contribution in [0.4, 0.5) is 17.5 Å². The number of nitrogens with zero attached hydrogens (tertiary/aromatic N) is 3. The van der Waals surface area contributed by atoms with Crippen molar-refractivity contribution < 1.29 is 4.74 Å². The summed E-state index contributed by atoms with van der Waals surface area (Å²) in [6.07, 6.45) is 2.43. The molecule has 130 valence electrons. The van der Waals surface area contributed by atoms with Crippen LogP contribution in [-0.2, 0) is 0 Å². The Labute approximate surface area is 145 Å². The van der Waals surface area contributed by atoms with Crippen molar-refractivity contribution in [2.75, 3.05) is 23.8 Å². The minimum atomic E-state index is 0.113. The lowest BCUT2D eigenvalue weighted by Crippen LogP contribution is -2.20. The number of nitrogens with one attached hydrogen (secondary N) is 1. The van der Waals surface area contributed by atoms with Gasteiger partial charge in [-0.15, -0.1) is 0 Å². The van der Waals surface area contributed by atoms with Crippen molar-refractivity contribution in [2.45, 2.75) is 46.6 Å². The summed E-state index contributed by atoms with van der Waals surface area (Å²) >= 11 is 0. The van der Waals surface area contributed by atoms with Gasteiger partial charge in [0.05, 0.1) is 11.8 Å². The van der Waals surface area contributed by atoms with Crippen molar-refractivity contribution in [3.05, 3.63) is 36.0 Å². The monoisotopic (exact) mass is 328 g/mol. The van der Waals surface area contributed by atoms with Crippen LogP contribution in [0.25, 0.3) is 0 Å². The van der Waals surface area contributed by atoms with Gasteiger partial charge in [-0.05, 0) is 39.3 Å². The van der Waals surface area contributed by atoms with Gasteiger partial charge in [0.2, 0.25) is 5.95 Å². The first kappa shape index (κ1) is 18.0. The SMILES string of the molecule is CCCCN(C)c1cc(C)nc(Nc2ccccc2OC(C)C)n1. The second kappa shape index (κ2) is 8.52. The Balaban J connectivity index is 2.22. The average molecular weight is 328 g/mol. The number of benzene rings is 1. The quantitative estimate of drug-likeness (QED) is 0.770. The van der Waals surface area contributed by atoms with E-state index in [2.05, 4.69) is 34.2 Å². The van der Waals surface area contributed by atoms with Crippen LogP contribution >= 0.6 is 0 Å². The Bertz CT molecular complexity index is 658. The molecule has 0 atom stereocenters. The van der Waals surface area contributed by atoms with Gasteiger partial charge in [0.1, 0.15) is 11.6 Å². The smallest absolute Gasteiger partial charge is 0.229 e. The van der Waals surface area contributed by atoms with E-state index >= 15 is 0 Å². The summed E-state index contributed by atoms with van der Waals surface area (Å²) in [5, 5.41) is 3.30. The van der Waals surface area contributed by atoms with E-state index in [0.717, 1.165) is 35.9 Å². The Hall–Kier alpha value is -2.30. The highest BCUT2D eigenvalue weighted by molar-refractivity contribution is 5.63. The van der Waals surface area contributed by atoms with Gasteiger partial charge in [0.15, 0.2) is 0 Å². The lowest BCUT2D eigenvalue weighted by molar-refractivity contribution is 0.244. The predicted molar refractivity (Wildman–Crippen MR) is 100 cm³/mol. The first-order chi connectivity index (χ1) is 11.5. The van der Waals surface area contributed by atoms with E-state index in [1.807, 2.05) is 51.1 Å². The van der Waals surface area contributed by atoms with Crippen molar-refractivity contribution in [3.63, 3.8) is 0 Å². The molecule has 0 aliphatic heterocycles. The molecular formula is C19H28N4O. The summed E-state index contributed by atoms with van der Waals surface area (Å²) in [7, 11) is 2.07. The second-order valence-electron chi connectivity index (χ2n) is 6.25. The summed E-state index contributed by atoms with van der Waals surface area (Å²) in [4.78, 5) is 11.3. The van der Waals surface area contributed by atoms with E-state index in [-0.39, 0.29) is 6.10 Å². The Kier molecular flexibility index (Phi) is 6.41. The standard InChI is InChI=1S/C19H28N4O/c1-6-7-12-23(5)18-13-15(4)20-19(22-18)21-16-10-8-9-11-17(16)24-14(2)3/h8-11,13-14H,6-7,12H2,1-5H3,(H,20,21,22). The summed E-state index contributed by atoms with van der Waals surface area (Å²) < 4.78 is 5.85.